The van der Waals surface area contributed by atoms with Crippen LogP contribution in [-0.4, -0.2) is 56.2 Å². The first-order valence-corrected chi connectivity index (χ1v) is 9.50. The largest absolute Gasteiger partial charge is 0.497 e. The smallest absolute Gasteiger partial charge is 0.234 e. The van der Waals surface area contributed by atoms with E-state index >= 15 is 0 Å². The summed E-state index contributed by atoms with van der Waals surface area (Å²) in [7, 11) is 1.68. The number of carbonyl (C=O) groups excluding carboxylic acids is 1. The minimum atomic E-state index is -0.180. The number of piperazine rings is 1. The zero-order valence-electron chi connectivity index (χ0n) is 17.3. The molecule has 1 N–H and O–H groups in total. The molecule has 0 bridgehead atoms. The number of amides is 1. The Labute approximate surface area is 158 Å². The number of benzene rings is 1. The number of hydrogen-bond donors (Lipinski definition) is 1. The molecule has 1 aromatic carbocycles. The Morgan fingerprint density at radius 3 is 2.12 bits per heavy atom. The van der Waals surface area contributed by atoms with Crippen LogP contribution in [-0.2, 0) is 4.79 Å². The second-order valence-corrected chi connectivity index (χ2v) is 9.13. The molecule has 26 heavy (non-hydrogen) atoms. The predicted molar refractivity (Wildman–Crippen MR) is 108 cm³/mol. The van der Waals surface area contributed by atoms with E-state index < -0.39 is 0 Å². The Balaban J connectivity index is 1.79. The molecule has 1 aliphatic rings. The average molecular weight is 362 g/mol. The Kier molecular flexibility index (Phi) is 6.56. The highest BCUT2D eigenvalue weighted by atomic mass is 16.5. The van der Waals surface area contributed by atoms with Gasteiger partial charge in [-0.3, -0.25) is 9.69 Å². The fourth-order valence-corrected chi connectivity index (χ4v) is 3.95. The van der Waals surface area contributed by atoms with Gasteiger partial charge in [0.1, 0.15) is 5.75 Å². The van der Waals surface area contributed by atoms with Crippen molar-refractivity contribution >= 4 is 11.6 Å². The van der Waals surface area contributed by atoms with Gasteiger partial charge in [0.2, 0.25) is 5.91 Å². The SMILES string of the molecule is COc1ccc(N2CCN(CC(=O)NC(C)(C)CC(C)(C)C)CC2)cc1. The van der Waals surface area contributed by atoms with E-state index in [0.29, 0.717) is 6.54 Å². The van der Waals surface area contributed by atoms with Crippen molar-refractivity contribution in [3.8, 4) is 5.75 Å². The van der Waals surface area contributed by atoms with Crippen LogP contribution in [0.15, 0.2) is 24.3 Å². The molecule has 1 fully saturated rings. The van der Waals surface area contributed by atoms with Gasteiger partial charge in [0, 0.05) is 37.4 Å². The molecule has 0 aliphatic carbocycles. The van der Waals surface area contributed by atoms with Crippen LogP contribution >= 0.6 is 0 Å². The first-order valence-electron chi connectivity index (χ1n) is 9.50. The van der Waals surface area contributed by atoms with E-state index in [9.17, 15) is 4.79 Å². The third-order valence-electron chi connectivity index (χ3n) is 4.63. The standard InChI is InChI=1S/C21H35N3O2/c1-20(2,3)16-21(4,5)22-19(25)15-23-11-13-24(14-12-23)17-7-9-18(26-6)10-8-17/h7-10H,11-16H2,1-6H3,(H,22,25). The van der Waals surface area contributed by atoms with Gasteiger partial charge in [-0.05, 0) is 49.9 Å². The van der Waals surface area contributed by atoms with Crippen molar-refractivity contribution in [1.82, 2.24) is 10.2 Å². The van der Waals surface area contributed by atoms with Gasteiger partial charge in [-0.15, -0.1) is 0 Å². The van der Waals surface area contributed by atoms with Crippen molar-refractivity contribution in [2.45, 2.75) is 46.6 Å². The Morgan fingerprint density at radius 1 is 1.04 bits per heavy atom. The molecule has 1 aliphatic heterocycles. The molecule has 1 amide bonds. The van der Waals surface area contributed by atoms with E-state index in [-0.39, 0.29) is 16.9 Å². The summed E-state index contributed by atoms with van der Waals surface area (Å²) in [4.78, 5) is 17.1. The van der Waals surface area contributed by atoms with Crippen LogP contribution in [0.1, 0.15) is 41.0 Å². The van der Waals surface area contributed by atoms with Crippen molar-refractivity contribution in [3.63, 3.8) is 0 Å². The summed E-state index contributed by atoms with van der Waals surface area (Å²) in [6, 6.07) is 8.17. The maximum atomic E-state index is 12.5. The Morgan fingerprint density at radius 2 is 1.62 bits per heavy atom. The van der Waals surface area contributed by atoms with E-state index in [0.717, 1.165) is 38.3 Å². The number of nitrogens with zero attached hydrogens (tertiary/aromatic N) is 2. The molecule has 0 atom stereocenters. The van der Waals surface area contributed by atoms with Gasteiger partial charge in [0.25, 0.3) is 0 Å². The number of ether oxygens (including phenoxy) is 1. The number of rotatable bonds is 6. The summed E-state index contributed by atoms with van der Waals surface area (Å²) in [5.41, 5.74) is 1.22. The van der Waals surface area contributed by atoms with Gasteiger partial charge < -0.3 is 15.0 Å². The van der Waals surface area contributed by atoms with E-state index in [4.69, 9.17) is 4.74 Å². The van der Waals surface area contributed by atoms with Crippen molar-refractivity contribution in [2.24, 2.45) is 5.41 Å². The predicted octanol–water partition coefficient (Wildman–Crippen LogP) is 3.15. The molecule has 1 heterocycles. The van der Waals surface area contributed by atoms with E-state index in [2.05, 4.69) is 61.9 Å². The van der Waals surface area contributed by atoms with Gasteiger partial charge in [0.15, 0.2) is 0 Å². The minimum absolute atomic E-state index is 0.122. The fourth-order valence-electron chi connectivity index (χ4n) is 3.95. The van der Waals surface area contributed by atoms with Crippen LogP contribution in [0, 0.1) is 5.41 Å². The lowest BCUT2D eigenvalue weighted by atomic mass is 9.82. The molecule has 0 spiro atoms. The van der Waals surface area contributed by atoms with Gasteiger partial charge >= 0.3 is 0 Å². The van der Waals surface area contributed by atoms with Crippen LogP contribution in [0.2, 0.25) is 0 Å². The summed E-state index contributed by atoms with van der Waals surface area (Å²) in [5, 5.41) is 3.21. The first-order chi connectivity index (χ1) is 12.1. The monoisotopic (exact) mass is 361 g/mol. The van der Waals surface area contributed by atoms with Gasteiger partial charge in [0.05, 0.1) is 13.7 Å². The highest BCUT2D eigenvalue weighted by Gasteiger charge is 2.28. The number of methoxy groups -OCH3 is 1. The van der Waals surface area contributed by atoms with E-state index in [1.165, 1.54) is 5.69 Å². The molecule has 0 aromatic heterocycles. The highest BCUT2D eigenvalue weighted by Crippen LogP contribution is 2.26. The quantitative estimate of drug-likeness (QED) is 0.845. The number of carbonyl (C=O) groups is 1. The molecule has 1 aromatic rings. The lowest BCUT2D eigenvalue weighted by Crippen LogP contribution is -2.53. The van der Waals surface area contributed by atoms with Crippen LogP contribution in [0.25, 0.3) is 0 Å². The number of hydrogen-bond acceptors (Lipinski definition) is 4. The summed E-state index contributed by atoms with van der Waals surface area (Å²) < 4.78 is 5.22. The molecular weight excluding hydrogens is 326 g/mol. The average Bonchev–Trinajstić information content (AvgIpc) is 2.52. The molecule has 2 rings (SSSR count). The first kappa shape index (κ1) is 20.6. The fraction of sp³-hybridized carbons (Fsp3) is 0.667. The summed E-state index contributed by atoms with van der Waals surface area (Å²) in [6.45, 7) is 15.0. The molecular formula is C21H35N3O2. The molecule has 0 radical (unpaired) electrons. The molecule has 5 nitrogen and oxygen atoms in total. The van der Waals surface area contributed by atoms with Crippen LogP contribution < -0.4 is 15.0 Å². The molecule has 0 unspecified atom stereocenters. The van der Waals surface area contributed by atoms with E-state index in [1.54, 1.807) is 7.11 Å². The van der Waals surface area contributed by atoms with Gasteiger partial charge in [-0.1, -0.05) is 20.8 Å². The summed E-state index contributed by atoms with van der Waals surface area (Å²) >= 11 is 0. The molecule has 5 heteroatoms. The second-order valence-electron chi connectivity index (χ2n) is 9.13. The third kappa shape index (κ3) is 6.52. The van der Waals surface area contributed by atoms with Crippen molar-refractivity contribution < 1.29 is 9.53 Å². The lowest BCUT2D eigenvalue weighted by molar-refractivity contribution is -0.124. The summed E-state index contributed by atoms with van der Waals surface area (Å²) in [6.07, 6.45) is 0.955. The van der Waals surface area contributed by atoms with Crippen LogP contribution in [0.3, 0.4) is 0 Å². The van der Waals surface area contributed by atoms with Crippen molar-refractivity contribution in [3.05, 3.63) is 24.3 Å². The minimum Gasteiger partial charge on any atom is -0.497 e. The zero-order valence-corrected chi connectivity index (χ0v) is 17.3. The maximum Gasteiger partial charge on any atom is 0.234 e. The van der Waals surface area contributed by atoms with Gasteiger partial charge in [-0.2, -0.15) is 0 Å². The van der Waals surface area contributed by atoms with Crippen LogP contribution in [0.5, 0.6) is 5.75 Å². The highest BCUT2D eigenvalue weighted by molar-refractivity contribution is 5.78. The topological polar surface area (TPSA) is 44.8 Å². The summed E-state index contributed by atoms with van der Waals surface area (Å²) in [5.74, 6) is 0.999. The molecule has 1 saturated heterocycles. The number of anilines is 1. The maximum absolute atomic E-state index is 12.5. The van der Waals surface area contributed by atoms with Crippen LogP contribution in [0.4, 0.5) is 5.69 Å². The Bertz CT molecular complexity index is 582. The van der Waals surface area contributed by atoms with Crippen molar-refractivity contribution in [1.29, 1.82) is 0 Å². The zero-order chi connectivity index (χ0) is 19.4. The normalized spacial score (nSPS) is 16.5. The molecule has 146 valence electrons. The molecule has 0 saturated carbocycles. The van der Waals surface area contributed by atoms with Crippen molar-refractivity contribution in [2.75, 3.05) is 44.7 Å². The van der Waals surface area contributed by atoms with E-state index in [1.807, 2.05) is 12.1 Å². The Hall–Kier alpha value is -1.75. The number of nitrogens with one attached hydrogen (secondary N) is 1. The third-order valence-corrected chi connectivity index (χ3v) is 4.63. The second kappa shape index (κ2) is 8.30. The van der Waals surface area contributed by atoms with Gasteiger partial charge in [-0.25, -0.2) is 0 Å². The lowest BCUT2D eigenvalue weighted by Gasteiger charge is -2.37.